The number of amides is 1. The Morgan fingerprint density at radius 1 is 1.00 bits per heavy atom. The molecule has 0 aromatic heterocycles. The van der Waals surface area contributed by atoms with Gasteiger partial charge in [-0.05, 0) is 56.2 Å². The molecule has 2 aliphatic rings. The van der Waals surface area contributed by atoms with Crippen molar-refractivity contribution in [1.29, 1.82) is 0 Å². The standard InChI is InChI=1S/C31H35FN4O2/c1-4-38-25-12-10-24(11-13-25)30-20-28(26-14-9-22(2)19-23(26)3)33-36(30)31(37)21-34-15-17-35(18-16-34)29-8-6-5-7-27(29)32/h5-14,19,30H,4,15-18,20-21H2,1-3H3. The first-order chi connectivity index (χ1) is 18.4. The van der Waals surface area contributed by atoms with Crippen molar-refractivity contribution >= 4 is 17.3 Å². The van der Waals surface area contributed by atoms with Gasteiger partial charge in [-0.3, -0.25) is 9.69 Å². The van der Waals surface area contributed by atoms with Gasteiger partial charge in [0.25, 0.3) is 5.91 Å². The zero-order valence-corrected chi connectivity index (χ0v) is 22.4. The number of ether oxygens (including phenoxy) is 1. The van der Waals surface area contributed by atoms with Gasteiger partial charge in [0, 0.05) is 38.2 Å². The first-order valence-electron chi connectivity index (χ1n) is 13.3. The molecule has 0 radical (unpaired) electrons. The van der Waals surface area contributed by atoms with E-state index >= 15 is 0 Å². The van der Waals surface area contributed by atoms with Crippen molar-refractivity contribution in [1.82, 2.24) is 9.91 Å². The van der Waals surface area contributed by atoms with Crippen LogP contribution in [0.2, 0.25) is 0 Å². The van der Waals surface area contributed by atoms with Crippen LogP contribution in [0, 0.1) is 19.7 Å². The fourth-order valence-corrected chi connectivity index (χ4v) is 5.37. The summed E-state index contributed by atoms with van der Waals surface area (Å²) in [7, 11) is 0. The Morgan fingerprint density at radius 2 is 1.74 bits per heavy atom. The molecule has 7 heteroatoms. The van der Waals surface area contributed by atoms with E-state index in [1.807, 2.05) is 48.2 Å². The normalized spacial score (nSPS) is 18.0. The van der Waals surface area contributed by atoms with Gasteiger partial charge in [0.05, 0.1) is 30.6 Å². The van der Waals surface area contributed by atoms with Crippen LogP contribution >= 0.6 is 0 Å². The zero-order valence-electron chi connectivity index (χ0n) is 22.4. The molecule has 1 atom stereocenters. The largest absolute Gasteiger partial charge is 0.494 e. The van der Waals surface area contributed by atoms with Crippen molar-refractivity contribution in [3.8, 4) is 5.75 Å². The molecule has 2 aliphatic heterocycles. The van der Waals surface area contributed by atoms with E-state index < -0.39 is 0 Å². The number of hydrazone groups is 1. The van der Waals surface area contributed by atoms with Crippen LogP contribution in [0.25, 0.3) is 0 Å². The first kappa shape index (κ1) is 25.9. The topological polar surface area (TPSA) is 48.4 Å². The summed E-state index contributed by atoms with van der Waals surface area (Å²) in [5.41, 5.74) is 6.04. The van der Waals surface area contributed by atoms with Gasteiger partial charge < -0.3 is 9.64 Å². The number of para-hydroxylation sites is 1. The van der Waals surface area contributed by atoms with Gasteiger partial charge in [-0.1, -0.05) is 48.0 Å². The molecule has 0 saturated carbocycles. The molecule has 3 aromatic carbocycles. The number of aryl methyl sites for hydroxylation is 2. The third-order valence-corrected chi connectivity index (χ3v) is 7.36. The fraction of sp³-hybridized carbons (Fsp3) is 0.355. The minimum absolute atomic E-state index is 0.0250. The average Bonchev–Trinajstić information content (AvgIpc) is 3.35. The molecular weight excluding hydrogens is 479 g/mol. The van der Waals surface area contributed by atoms with E-state index in [-0.39, 0.29) is 24.3 Å². The molecule has 0 N–H and O–H groups in total. The molecule has 5 rings (SSSR count). The summed E-state index contributed by atoms with van der Waals surface area (Å²) >= 11 is 0. The summed E-state index contributed by atoms with van der Waals surface area (Å²) in [5, 5.41) is 6.56. The molecule has 0 aliphatic carbocycles. The molecule has 2 heterocycles. The van der Waals surface area contributed by atoms with E-state index in [0.717, 1.165) is 28.2 Å². The highest BCUT2D eigenvalue weighted by Crippen LogP contribution is 2.34. The van der Waals surface area contributed by atoms with Crippen LogP contribution in [0.5, 0.6) is 5.75 Å². The number of hydrogen-bond acceptors (Lipinski definition) is 5. The monoisotopic (exact) mass is 514 g/mol. The highest BCUT2D eigenvalue weighted by atomic mass is 19.1. The van der Waals surface area contributed by atoms with Crippen LogP contribution in [0.15, 0.2) is 71.8 Å². The first-order valence-corrected chi connectivity index (χ1v) is 13.3. The Morgan fingerprint density at radius 3 is 2.42 bits per heavy atom. The van der Waals surface area contributed by atoms with Crippen LogP contribution < -0.4 is 9.64 Å². The minimum atomic E-state index is -0.208. The summed E-state index contributed by atoms with van der Waals surface area (Å²) in [6, 6.07) is 21.0. The van der Waals surface area contributed by atoms with Crippen molar-refractivity contribution in [3.05, 3.63) is 94.8 Å². The van der Waals surface area contributed by atoms with Crippen LogP contribution in [-0.4, -0.2) is 60.9 Å². The number of carbonyl (C=O) groups is 1. The lowest BCUT2D eigenvalue weighted by Crippen LogP contribution is -2.49. The summed E-state index contributed by atoms with van der Waals surface area (Å²) in [6.07, 6.45) is 0.657. The third-order valence-electron chi connectivity index (χ3n) is 7.36. The van der Waals surface area contributed by atoms with Crippen LogP contribution in [0.3, 0.4) is 0 Å². The van der Waals surface area contributed by atoms with Crippen molar-refractivity contribution in [2.45, 2.75) is 33.2 Å². The Bertz CT molecular complexity index is 1320. The molecule has 198 valence electrons. The molecule has 0 spiro atoms. The Kier molecular flexibility index (Phi) is 7.74. The van der Waals surface area contributed by atoms with Gasteiger partial charge in [0.1, 0.15) is 11.6 Å². The Balaban J connectivity index is 1.33. The molecule has 1 fully saturated rings. The van der Waals surface area contributed by atoms with E-state index in [1.165, 1.54) is 11.6 Å². The Labute approximate surface area is 224 Å². The second-order valence-electron chi connectivity index (χ2n) is 10.0. The van der Waals surface area contributed by atoms with E-state index in [4.69, 9.17) is 9.84 Å². The van der Waals surface area contributed by atoms with Gasteiger partial charge >= 0.3 is 0 Å². The number of carbonyl (C=O) groups excluding carboxylic acids is 1. The molecule has 1 unspecified atom stereocenters. The summed E-state index contributed by atoms with van der Waals surface area (Å²) in [5.74, 6) is 0.582. The van der Waals surface area contributed by atoms with Gasteiger partial charge in [0.2, 0.25) is 0 Å². The van der Waals surface area contributed by atoms with E-state index in [9.17, 15) is 9.18 Å². The lowest BCUT2D eigenvalue weighted by molar-refractivity contribution is -0.134. The summed E-state index contributed by atoms with van der Waals surface area (Å²) in [6.45, 7) is 9.76. The number of piperazine rings is 1. The molecule has 1 amide bonds. The molecule has 0 bridgehead atoms. The second kappa shape index (κ2) is 11.4. The van der Waals surface area contributed by atoms with Crippen molar-refractivity contribution < 1.29 is 13.9 Å². The predicted molar refractivity (Wildman–Crippen MR) is 149 cm³/mol. The van der Waals surface area contributed by atoms with Crippen molar-refractivity contribution in [3.63, 3.8) is 0 Å². The van der Waals surface area contributed by atoms with Crippen LogP contribution in [0.4, 0.5) is 10.1 Å². The maximum Gasteiger partial charge on any atom is 0.257 e. The second-order valence-corrected chi connectivity index (χ2v) is 10.0. The van der Waals surface area contributed by atoms with E-state index in [2.05, 4.69) is 36.9 Å². The smallest absolute Gasteiger partial charge is 0.257 e. The summed E-state index contributed by atoms with van der Waals surface area (Å²) < 4.78 is 19.9. The van der Waals surface area contributed by atoms with E-state index in [1.54, 1.807) is 11.1 Å². The number of rotatable bonds is 7. The highest BCUT2D eigenvalue weighted by Gasteiger charge is 2.34. The predicted octanol–water partition coefficient (Wildman–Crippen LogP) is 5.34. The number of benzene rings is 3. The van der Waals surface area contributed by atoms with Gasteiger partial charge in [-0.15, -0.1) is 0 Å². The van der Waals surface area contributed by atoms with Gasteiger partial charge in [-0.25, -0.2) is 9.40 Å². The Hall–Kier alpha value is -3.71. The van der Waals surface area contributed by atoms with Crippen LogP contribution in [-0.2, 0) is 4.79 Å². The van der Waals surface area contributed by atoms with Crippen molar-refractivity contribution in [2.75, 3.05) is 44.2 Å². The number of anilines is 1. The number of hydrogen-bond donors (Lipinski definition) is 0. The number of nitrogens with zero attached hydrogens (tertiary/aromatic N) is 4. The SMILES string of the molecule is CCOc1ccc(C2CC(c3ccc(C)cc3C)=NN2C(=O)CN2CCN(c3ccccc3F)CC2)cc1. The van der Waals surface area contributed by atoms with Crippen molar-refractivity contribution in [2.24, 2.45) is 5.10 Å². The van der Waals surface area contributed by atoms with Crippen LogP contribution in [0.1, 0.15) is 41.6 Å². The lowest BCUT2D eigenvalue weighted by atomic mass is 9.95. The maximum atomic E-state index is 14.2. The molecule has 6 nitrogen and oxygen atoms in total. The minimum Gasteiger partial charge on any atom is -0.494 e. The molecular formula is C31H35FN4O2. The number of halogens is 1. The maximum absolute atomic E-state index is 14.2. The fourth-order valence-electron chi connectivity index (χ4n) is 5.37. The van der Waals surface area contributed by atoms with E-state index in [0.29, 0.717) is 44.9 Å². The molecule has 1 saturated heterocycles. The zero-order chi connectivity index (χ0) is 26.6. The lowest BCUT2D eigenvalue weighted by Gasteiger charge is -2.36. The molecule has 3 aromatic rings. The average molecular weight is 515 g/mol. The highest BCUT2D eigenvalue weighted by molar-refractivity contribution is 6.04. The molecule has 38 heavy (non-hydrogen) atoms. The third kappa shape index (κ3) is 5.58. The quantitative estimate of drug-likeness (QED) is 0.427. The van der Waals surface area contributed by atoms with Gasteiger partial charge in [-0.2, -0.15) is 5.10 Å². The summed E-state index contributed by atoms with van der Waals surface area (Å²) in [4.78, 5) is 17.9. The van der Waals surface area contributed by atoms with Gasteiger partial charge in [0.15, 0.2) is 0 Å².